The zero-order valence-electron chi connectivity index (χ0n) is 16.5. The monoisotopic (exact) mass is 430 g/mol. The lowest BCUT2D eigenvalue weighted by Gasteiger charge is -2.12. The van der Waals surface area contributed by atoms with Gasteiger partial charge in [-0.1, -0.05) is 18.2 Å². The summed E-state index contributed by atoms with van der Waals surface area (Å²) in [5, 5.41) is 11.3. The van der Waals surface area contributed by atoms with Crippen LogP contribution in [0.1, 0.15) is 16.7 Å². The lowest BCUT2D eigenvalue weighted by Crippen LogP contribution is -2.06. The smallest absolute Gasteiger partial charge is 0.416 e. The zero-order valence-corrected chi connectivity index (χ0v) is 16.5. The lowest BCUT2D eigenvalue weighted by atomic mass is 10.1. The molecule has 160 valence electrons. The van der Waals surface area contributed by atoms with Crippen LogP contribution in [0, 0.1) is 17.0 Å². The SMILES string of the molecule is COc1cc(C=Nc2ccccc2C)ccc1Oc1ccc(C(F)(F)F)cc1[N+](=O)[O-]. The minimum atomic E-state index is -4.71. The Kier molecular flexibility index (Phi) is 6.24. The molecule has 31 heavy (non-hydrogen) atoms. The normalized spacial score (nSPS) is 11.5. The van der Waals surface area contributed by atoms with Crippen LogP contribution in [0.4, 0.5) is 24.5 Å². The van der Waals surface area contributed by atoms with Gasteiger partial charge < -0.3 is 9.47 Å². The van der Waals surface area contributed by atoms with E-state index in [2.05, 4.69) is 4.99 Å². The molecule has 0 N–H and O–H groups in total. The predicted octanol–water partition coefficient (Wildman–Crippen LogP) is 6.47. The van der Waals surface area contributed by atoms with Gasteiger partial charge in [0, 0.05) is 12.3 Å². The van der Waals surface area contributed by atoms with Crippen molar-refractivity contribution in [1.82, 2.24) is 0 Å². The summed E-state index contributed by atoms with van der Waals surface area (Å²) in [6, 6.07) is 14.4. The molecule has 6 nitrogen and oxygen atoms in total. The fraction of sp³-hybridized carbons (Fsp3) is 0.136. The first-order chi connectivity index (χ1) is 14.7. The van der Waals surface area contributed by atoms with Crippen LogP contribution in [0.3, 0.4) is 0 Å². The lowest BCUT2D eigenvalue weighted by molar-refractivity contribution is -0.385. The van der Waals surface area contributed by atoms with Crippen molar-refractivity contribution in [3.63, 3.8) is 0 Å². The van der Waals surface area contributed by atoms with E-state index in [1.807, 2.05) is 31.2 Å². The minimum Gasteiger partial charge on any atom is -0.493 e. The number of para-hydroxylation sites is 1. The van der Waals surface area contributed by atoms with E-state index in [0.717, 1.165) is 23.4 Å². The average molecular weight is 430 g/mol. The summed E-state index contributed by atoms with van der Waals surface area (Å²) in [4.78, 5) is 14.7. The standard InChI is InChI=1S/C22H17F3N2O4/c1-14-5-3-4-6-17(14)26-13-15-7-9-20(21(11-15)30-2)31-19-10-8-16(22(23,24)25)12-18(19)27(28)29/h3-13H,1-2H3. The maximum atomic E-state index is 12.9. The molecule has 0 aliphatic carbocycles. The summed E-state index contributed by atoms with van der Waals surface area (Å²) in [7, 11) is 1.38. The van der Waals surface area contributed by atoms with Crippen molar-refractivity contribution in [1.29, 1.82) is 0 Å². The highest BCUT2D eigenvalue weighted by Gasteiger charge is 2.33. The number of ether oxygens (including phenoxy) is 2. The fourth-order valence-electron chi connectivity index (χ4n) is 2.74. The number of nitrogens with zero attached hydrogens (tertiary/aromatic N) is 2. The van der Waals surface area contributed by atoms with Gasteiger partial charge in [-0.2, -0.15) is 13.2 Å². The van der Waals surface area contributed by atoms with Gasteiger partial charge in [0.25, 0.3) is 0 Å². The van der Waals surface area contributed by atoms with Gasteiger partial charge in [0.05, 0.1) is 23.3 Å². The Balaban J connectivity index is 1.90. The van der Waals surface area contributed by atoms with Crippen LogP contribution in [-0.4, -0.2) is 18.2 Å². The Morgan fingerprint density at radius 3 is 2.35 bits per heavy atom. The first-order valence-electron chi connectivity index (χ1n) is 9.00. The minimum absolute atomic E-state index is 0.110. The van der Waals surface area contributed by atoms with Crippen molar-refractivity contribution in [2.75, 3.05) is 7.11 Å². The van der Waals surface area contributed by atoms with Gasteiger partial charge >= 0.3 is 11.9 Å². The van der Waals surface area contributed by atoms with Crippen molar-refractivity contribution in [3.05, 3.63) is 87.5 Å². The number of aliphatic imine (C=N–C) groups is 1. The molecule has 0 amide bonds. The van der Waals surface area contributed by atoms with Crippen LogP contribution in [0.15, 0.2) is 65.7 Å². The molecule has 3 aromatic carbocycles. The summed E-state index contributed by atoms with van der Waals surface area (Å²) in [5.41, 5.74) is 0.528. The van der Waals surface area contributed by atoms with E-state index in [1.165, 1.54) is 13.2 Å². The van der Waals surface area contributed by atoms with Gasteiger partial charge in [0.2, 0.25) is 5.75 Å². The van der Waals surface area contributed by atoms with Crippen LogP contribution in [0.2, 0.25) is 0 Å². The number of nitro benzene ring substituents is 1. The van der Waals surface area contributed by atoms with Crippen molar-refractivity contribution in [3.8, 4) is 17.2 Å². The molecular weight excluding hydrogens is 413 g/mol. The van der Waals surface area contributed by atoms with Gasteiger partial charge in [-0.05, 0) is 54.4 Å². The maximum Gasteiger partial charge on any atom is 0.416 e. The number of nitro groups is 1. The molecule has 0 spiro atoms. The van der Waals surface area contributed by atoms with E-state index in [-0.39, 0.29) is 17.2 Å². The van der Waals surface area contributed by atoms with E-state index in [9.17, 15) is 23.3 Å². The third-order valence-corrected chi connectivity index (χ3v) is 4.36. The van der Waals surface area contributed by atoms with Crippen molar-refractivity contribution in [2.24, 2.45) is 4.99 Å². The first kappa shape index (κ1) is 21.8. The first-order valence-corrected chi connectivity index (χ1v) is 9.00. The van der Waals surface area contributed by atoms with Gasteiger partial charge in [-0.25, -0.2) is 0 Å². The molecule has 0 fully saturated rings. The second-order valence-electron chi connectivity index (χ2n) is 6.49. The van der Waals surface area contributed by atoms with Crippen LogP contribution < -0.4 is 9.47 Å². The van der Waals surface area contributed by atoms with Crippen molar-refractivity contribution >= 4 is 17.6 Å². The highest BCUT2D eigenvalue weighted by Crippen LogP contribution is 2.40. The molecule has 0 aliphatic rings. The number of hydrogen-bond acceptors (Lipinski definition) is 5. The Morgan fingerprint density at radius 1 is 1.00 bits per heavy atom. The molecule has 0 atom stereocenters. The Labute approximate surface area is 175 Å². The summed E-state index contributed by atoms with van der Waals surface area (Å²) >= 11 is 0. The molecule has 0 aliphatic heterocycles. The Bertz CT molecular complexity index is 1140. The molecule has 0 heterocycles. The van der Waals surface area contributed by atoms with Gasteiger partial charge in [-0.15, -0.1) is 0 Å². The van der Waals surface area contributed by atoms with E-state index in [0.29, 0.717) is 11.6 Å². The third kappa shape index (κ3) is 5.19. The largest absolute Gasteiger partial charge is 0.493 e. The number of aryl methyl sites for hydroxylation is 1. The van der Waals surface area contributed by atoms with E-state index in [1.54, 1.807) is 18.3 Å². The summed E-state index contributed by atoms with van der Waals surface area (Å²) < 4.78 is 49.4. The quantitative estimate of drug-likeness (QED) is 0.255. The average Bonchev–Trinajstić information content (AvgIpc) is 2.73. The molecule has 0 aromatic heterocycles. The molecule has 0 unspecified atom stereocenters. The molecule has 0 bridgehead atoms. The molecule has 0 radical (unpaired) electrons. The van der Waals surface area contributed by atoms with Gasteiger partial charge in [0.15, 0.2) is 11.5 Å². The van der Waals surface area contributed by atoms with Crippen molar-refractivity contribution in [2.45, 2.75) is 13.1 Å². The number of halogens is 3. The van der Waals surface area contributed by atoms with E-state index < -0.39 is 22.4 Å². The molecule has 3 aromatic rings. The van der Waals surface area contributed by atoms with E-state index >= 15 is 0 Å². The number of hydrogen-bond donors (Lipinski definition) is 0. The second-order valence-corrected chi connectivity index (χ2v) is 6.49. The highest BCUT2D eigenvalue weighted by atomic mass is 19.4. The number of benzene rings is 3. The molecule has 3 rings (SSSR count). The topological polar surface area (TPSA) is 74.0 Å². The Hall–Kier alpha value is -3.88. The second kappa shape index (κ2) is 8.86. The fourth-order valence-corrected chi connectivity index (χ4v) is 2.74. The van der Waals surface area contributed by atoms with E-state index in [4.69, 9.17) is 9.47 Å². The number of methoxy groups -OCH3 is 1. The predicted molar refractivity (Wildman–Crippen MR) is 110 cm³/mol. The van der Waals surface area contributed by atoms with Crippen molar-refractivity contribution < 1.29 is 27.6 Å². The molecular formula is C22H17F3N2O4. The highest BCUT2D eigenvalue weighted by molar-refractivity contribution is 5.83. The number of rotatable bonds is 6. The van der Waals surface area contributed by atoms with Gasteiger partial charge in [0.1, 0.15) is 0 Å². The summed E-state index contributed by atoms with van der Waals surface area (Å²) in [6.45, 7) is 1.93. The Morgan fingerprint density at radius 2 is 1.71 bits per heavy atom. The summed E-state index contributed by atoms with van der Waals surface area (Å²) in [6.07, 6.45) is -3.09. The number of alkyl halides is 3. The van der Waals surface area contributed by atoms with Crippen LogP contribution >= 0.6 is 0 Å². The summed E-state index contributed by atoms with van der Waals surface area (Å²) in [5.74, 6) is 0.0129. The van der Waals surface area contributed by atoms with Crippen LogP contribution in [-0.2, 0) is 6.18 Å². The maximum absolute atomic E-state index is 12.9. The molecule has 0 saturated heterocycles. The molecule has 0 saturated carbocycles. The zero-order chi connectivity index (χ0) is 22.6. The van der Waals surface area contributed by atoms with Crippen LogP contribution in [0.25, 0.3) is 0 Å². The third-order valence-electron chi connectivity index (χ3n) is 4.36. The van der Waals surface area contributed by atoms with Gasteiger partial charge in [-0.3, -0.25) is 15.1 Å². The van der Waals surface area contributed by atoms with Crippen LogP contribution in [0.5, 0.6) is 17.2 Å². The molecule has 9 heteroatoms.